The van der Waals surface area contributed by atoms with Gasteiger partial charge in [-0.05, 0) is 0 Å². The second-order valence-electron chi connectivity index (χ2n) is 1.92. The molecule has 2 rings (SSSR count). The maximum atomic E-state index is 2.00. The van der Waals surface area contributed by atoms with Gasteiger partial charge in [0.2, 0.25) is 0 Å². The summed E-state index contributed by atoms with van der Waals surface area (Å²) in [7, 11) is 0. The van der Waals surface area contributed by atoms with Crippen LogP contribution in [0.4, 0.5) is 0 Å². The van der Waals surface area contributed by atoms with E-state index in [0.717, 1.165) is 0 Å². The average Bonchev–Trinajstić information content (AvgIpc) is 2.67. The smallest absolute Gasteiger partial charge is 2.00 e. The molecule has 0 radical (unpaired) electrons. The van der Waals surface area contributed by atoms with Crippen LogP contribution < -0.4 is 0 Å². The van der Waals surface area contributed by atoms with Crippen LogP contribution in [0.25, 0.3) is 0 Å². The molecule has 0 heterocycles. The summed E-state index contributed by atoms with van der Waals surface area (Å²) in [5.74, 6) is 0. The van der Waals surface area contributed by atoms with E-state index in [4.69, 9.17) is 0 Å². The Hall–Kier alpha value is -0.497. The van der Waals surface area contributed by atoms with Crippen LogP contribution in [0.5, 0.6) is 0 Å². The van der Waals surface area contributed by atoms with Gasteiger partial charge in [-0.25, -0.2) is 24.3 Å². The minimum atomic E-state index is 0. The van der Waals surface area contributed by atoms with Crippen molar-refractivity contribution in [1.82, 2.24) is 0 Å². The summed E-state index contributed by atoms with van der Waals surface area (Å²) in [6.07, 6.45) is 0. The third-order valence-corrected chi connectivity index (χ3v) is 1.11. The molecule has 2 aromatic carbocycles. The third-order valence-electron chi connectivity index (χ3n) is 1.11. The van der Waals surface area contributed by atoms with Crippen LogP contribution in [0.1, 0.15) is 0 Å². The Labute approximate surface area is 97.7 Å². The van der Waals surface area contributed by atoms with Crippen molar-refractivity contribution in [3.05, 3.63) is 60.7 Å². The summed E-state index contributed by atoms with van der Waals surface area (Å²) in [4.78, 5) is 0. The van der Waals surface area contributed by atoms with Crippen LogP contribution in [0.15, 0.2) is 60.7 Å². The Morgan fingerprint density at radius 1 is 0.538 bits per heavy atom. The summed E-state index contributed by atoms with van der Waals surface area (Å²) in [5.41, 5.74) is 0. The van der Waals surface area contributed by atoms with Gasteiger partial charge in [-0.2, -0.15) is 36.4 Å². The van der Waals surface area contributed by atoms with Crippen molar-refractivity contribution < 1.29 is 37.2 Å². The first kappa shape index (κ1) is 18.3. The Balaban J connectivity index is -0.000000125. The largest absolute Gasteiger partial charge is 4.00 e. The number of hydrogen-bond acceptors (Lipinski definition) is 0. The normalized spacial score (nSPS) is 6.15. The van der Waals surface area contributed by atoms with E-state index in [1.807, 2.05) is 60.7 Å². The van der Waals surface area contributed by atoms with E-state index in [-0.39, 0.29) is 37.2 Å². The van der Waals surface area contributed by atoms with Crippen LogP contribution in [-0.4, -0.2) is 0 Å². The molecular formula is C10H10O2Zr-2. The molecule has 13 heavy (non-hydrogen) atoms. The van der Waals surface area contributed by atoms with Crippen molar-refractivity contribution in [3.8, 4) is 0 Å². The molecule has 0 aliphatic carbocycles. The molecule has 0 bridgehead atoms. The molecule has 2 aromatic rings. The molecule has 0 saturated heterocycles. The predicted molar refractivity (Wildman–Crippen MR) is 45.4 cm³/mol. The van der Waals surface area contributed by atoms with Gasteiger partial charge in [0.25, 0.3) is 0 Å². The minimum absolute atomic E-state index is 0. The van der Waals surface area contributed by atoms with Crippen LogP contribution in [0.3, 0.4) is 0 Å². The van der Waals surface area contributed by atoms with Crippen molar-refractivity contribution >= 4 is 0 Å². The Bertz CT molecular complexity index is 152. The van der Waals surface area contributed by atoms with Crippen LogP contribution >= 0.6 is 0 Å². The van der Waals surface area contributed by atoms with Gasteiger partial charge in [-0.3, -0.25) is 0 Å². The fraction of sp³-hybridized carbons (Fsp3) is 0. The Kier molecular flexibility index (Phi) is 19.8. The van der Waals surface area contributed by atoms with Gasteiger partial charge in [0.1, 0.15) is 0 Å². The van der Waals surface area contributed by atoms with Crippen LogP contribution in [-0.2, 0) is 37.2 Å². The maximum absolute atomic E-state index is 2.00. The molecule has 0 atom stereocenters. The molecular weight excluding hydrogens is 243 g/mol. The molecule has 3 heteroatoms. The zero-order valence-corrected chi connectivity index (χ0v) is 9.55. The fourth-order valence-corrected chi connectivity index (χ4v) is 0.642. The summed E-state index contributed by atoms with van der Waals surface area (Å²) >= 11 is 0. The van der Waals surface area contributed by atoms with Crippen molar-refractivity contribution in [3.63, 3.8) is 0 Å². The molecule has 0 N–H and O–H groups in total. The van der Waals surface area contributed by atoms with Gasteiger partial charge in [-0.1, -0.05) is 0 Å². The minimum Gasteiger partial charge on any atom is -2.00 e. The molecule has 68 valence electrons. The van der Waals surface area contributed by atoms with Gasteiger partial charge in [0, 0.05) is 0 Å². The molecule has 0 aliphatic heterocycles. The average molecular weight is 253 g/mol. The fourth-order valence-electron chi connectivity index (χ4n) is 0.642. The third kappa shape index (κ3) is 11.5. The van der Waals surface area contributed by atoms with E-state index in [1.54, 1.807) is 0 Å². The van der Waals surface area contributed by atoms with Gasteiger partial charge in [0.05, 0.1) is 0 Å². The quantitative estimate of drug-likeness (QED) is 0.648. The number of rotatable bonds is 0. The van der Waals surface area contributed by atoms with Crippen LogP contribution in [0.2, 0.25) is 0 Å². The molecule has 2 nitrogen and oxygen atoms in total. The van der Waals surface area contributed by atoms with Crippen molar-refractivity contribution in [2.24, 2.45) is 0 Å². The Morgan fingerprint density at radius 3 is 0.846 bits per heavy atom. The van der Waals surface area contributed by atoms with Gasteiger partial charge < -0.3 is 11.0 Å². The molecule has 0 amide bonds. The number of hydrogen-bond donors (Lipinski definition) is 0. The molecule has 0 aromatic heterocycles. The Morgan fingerprint density at radius 2 is 0.769 bits per heavy atom. The van der Waals surface area contributed by atoms with Gasteiger partial charge >= 0.3 is 26.2 Å². The first-order valence-corrected chi connectivity index (χ1v) is 3.33. The van der Waals surface area contributed by atoms with Crippen molar-refractivity contribution in [1.29, 1.82) is 0 Å². The standard InChI is InChI=1S/2C5H5.2O.Zr/c2*1-2-4-5-3-1;;;/h2*1-5H;;;/q2*-1;2*-2;+4. The zero-order chi connectivity index (χ0) is 7.07. The van der Waals surface area contributed by atoms with E-state index in [9.17, 15) is 0 Å². The first-order chi connectivity index (χ1) is 5.00. The summed E-state index contributed by atoms with van der Waals surface area (Å²) in [6.45, 7) is 0. The van der Waals surface area contributed by atoms with Crippen molar-refractivity contribution in [2.75, 3.05) is 0 Å². The second-order valence-corrected chi connectivity index (χ2v) is 1.92. The van der Waals surface area contributed by atoms with Gasteiger partial charge in [0.15, 0.2) is 0 Å². The van der Waals surface area contributed by atoms with E-state index < -0.39 is 0 Å². The maximum Gasteiger partial charge on any atom is 4.00 e. The summed E-state index contributed by atoms with van der Waals surface area (Å²) in [5, 5.41) is 0. The predicted octanol–water partition coefficient (Wildman–Crippen LogP) is 2.57. The molecule has 0 unspecified atom stereocenters. The zero-order valence-electron chi connectivity index (χ0n) is 7.09. The van der Waals surface area contributed by atoms with E-state index in [0.29, 0.717) is 0 Å². The van der Waals surface area contributed by atoms with Crippen molar-refractivity contribution in [2.45, 2.75) is 0 Å². The molecule has 0 aliphatic rings. The van der Waals surface area contributed by atoms with E-state index in [2.05, 4.69) is 0 Å². The van der Waals surface area contributed by atoms with Crippen LogP contribution in [0, 0.1) is 0 Å². The molecule has 0 spiro atoms. The van der Waals surface area contributed by atoms with E-state index in [1.165, 1.54) is 0 Å². The van der Waals surface area contributed by atoms with Gasteiger partial charge in [-0.15, -0.1) is 0 Å². The first-order valence-electron chi connectivity index (χ1n) is 3.33. The molecule has 0 fully saturated rings. The SMILES string of the molecule is [O-2].[O-2].[Zr+4].c1cc[cH-]c1.c1cc[cH-]c1. The summed E-state index contributed by atoms with van der Waals surface area (Å²) < 4.78 is 0. The monoisotopic (exact) mass is 252 g/mol. The molecule has 0 saturated carbocycles. The topological polar surface area (TPSA) is 57.0 Å². The second kappa shape index (κ2) is 14.1. The summed E-state index contributed by atoms with van der Waals surface area (Å²) in [6, 6.07) is 20.0. The van der Waals surface area contributed by atoms with E-state index >= 15 is 0 Å².